The lowest BCUT2D eigenvalue weighted by atomic mass is 10.2. The van der Waals surface area contributed by atoms with E-state index in [1.54, 1.807) is 12.1 Å². The lowest BCUT2D eigenvalue weighted by Gasteiger charge is -2.08. The second kappa shape index (κ2) is 5.51. The standard InChI is InChI=1S/C11H12ClNO3/c1-7-2-4-8(5-3-7)13-11(16)9(12)6-10(14)15/h2-5,9H,6H2,1H3,(H,13,16)(H,14,15). The quantitative estimate of drug-likeness (QED) is 0.793. The Balaban J connectivity index is 2.57. The van der Waals surface area contributed by atoms with Gasteiger partial charge in [-0.2, -0.15) is 0 Å². The molecule has 0 fully saturated rings. The average Bonchev–Trinajstić information content (AvgIpc) is 2.20. The highest BCUT2D eigenvalue weighted by atomic mass is 35.5. The molecular formula is C11H12ClNO3. The van der Waals surface area contributed by atoms with Gasteiger partial charge in [0.2, 0.25) is 5.91 Å². The summed E-state index contributed by atoms with van der Waals surface area (Å²) in [6, 6.07) is 7.15. The number of benzene rings is 1. The van der Waals surface area contributed by atoms with Crippen molar-refractivity contribution in [2.75, 3.05) is 5.32 Å². The molecule has 0 aliphatic rings. The first-order valence-electron chi connectivity index (χ1n) is 4.72. The first kappa shape index (κ1) is 12.5. The fourth-order valence-corrected chi connectivity index (χ4v) is 1.29. The SMILES string of the molecule is Cc1ccc(NC(=O)C(Cl)CC(=O)O)cc1. The lowest BCUT2D eigenvalue weighted by Crippen LogP contribution is -2.25. The van der Waals surface area contributed by atoms with Crippen LogP contribution in [0.1, 0.15) is 12.0 Å². The van der Waals surface area contributed by atoms with Crippen molar-refractivity contribution in [2.45, 2.75) is 18.7 Å². The van der Waals surface area contributed by atoms with E-state index < -0.39 is 17.3 Å². The number of alkyl halides is 1. The van der Waals surface area contributed by atoms with Gasteiger partial charge in [-0.15, -0.1) is 11.6 Å². The maximum atomic E-state index is 11.4. The van der Waals surface area contributed by atoms with E-state index in [0.29, 0.717) is 5.69 Å². The Hall–Kier alpha value is -1.55. The number of aliphatic carboxylic acids is 1. The Morgan fingerprint density at radius 1 is 1.38 bits per heavy atom. The second-order valence-electron chi connectivity index (χ2n) is 3.42. The first-order valence-corrected chi connectivity index (χ1v) is 5.16. The molecule has 86 valence electrons. The number of aryl methyl sites for hydroxylation is 1. The number of rotatable bonds is 4. The Bertz CT molecular complexity index is 389. The van der Waals surface area contributed by atoms with Crippen LogP contribution in [-0.2, 0) is 9.59 Å². The predicted octanol–water partition coefficient (Wildman–Crippen LogP) is 2.02. The van der Waals surface area contributed by atoms with Crippen LogP contribution in [0.15, 0.2) is 24.3 Å². The minimum absolute atomic E-state index is 0.390. The zero-order chi connectivity index (χ0) is 12.1. The molecule has 0 saturated heterocycles. The molecule has 1 unspecified atom stereocenters. The van der Waals surface area contributed by atoms with Crippen LogP contribution in [0, 0.1) is 6.92 Å². The molecule has 0 aromatic heterocycles. The summed E-state index contributed by atoms with van der Waals surface area (Å²) in [5.41, 5.74) is 1.68. The fourth-order valence-electron chi connectivity index (χ4n) is 1.10. The van der Waals surface area contributed by atoms with Crippen molar-refractivity contribution >= 4 is 29.2 Å². The molecule has 2 N–H and O–H groups in total. The lowest BCUT2D eigenvalue weighted by molar-refractivity contribution is -0.138. The number of amides is 1. The van der Waals surface area contributed by atoms with Gasteiger partial charge in [-0.3, -0.25) is 9.59 Å². The molecule has 0 aliphatic carbocycles. The Kier molecular flexibility index (Phi) is 4.31. The number of hydrogen-bond donors (Lipinski definition) is 2. The van der Waals surface area contributed by atoms with Crippen molar-refractivity contribution in [3.8, 4) is 0 Å². The molecule has 0 heterocycles. The molecule has 1 amide bonds. The molecule has 16 heavy (non-hydrogen) atoms. The van der Waals surface area contributed by atoms with Crippen LogP contribution >= 0.6 is 11.6 Å². The van der Waals surface area contributed by atoms with E-state index >= 15 is 0 Å². The third kappa shape index (κ3) is 3.90. The fraction of sp³-hybridized carbons (Fsp3) is 0.273. The summed E-state index contributed by atoms with van der Waals surface area (Å²) in [6.45, 7) is 1.93. The normalized spacial score (nSPS) is 11.9. The number of carboxylic acids is 1. The van der Waals surface area contributed by atoms with Gasteiger partial charge >= 0.3 is 5.97 Å². The maximum absolute atomic E-state index is 11.4. The molecule has 0 spiro atoms. The molecule has 1 rings (SSSR count). The van der Waals surface area contributed by atoms with Gasteiger partial charge < -0.3 is 10.4 Å². The minimum Gasteiger partial charge on any atom is -0.481 e. The second-order valence-corrected chi connectivity index (χ2v) is 3.95. The van der Waals surface area contributed by atoms with Gasteiger partial charge in [0.05, 0.1) is 6.42 Å². The van der Waals surface area contributed by atoms with E-state index in [-0.39, 0.29) is 6.42 Å². The number of carbonyl (C=O) groups is 2. The summed E-state index contributed by atoms with van der Waals surface area (Å²) in [7, 11) is 0. The van der Waals surface area contributed by atoms with Crippen LogP contribution in [0.5, 0.6) is 0 Å². The van der Waals surface area contributed by atoms with Gasteiger partial charge in [0.25, 0.3) is 0 Å². The summed E-state index contributed by atoms with van der Waals surface area (Å²) >= 11 is 5.61. The molecule has 0 aliphatic heterocycles. The molecule has 5 heteroatoms. The van der Waals surface area contributed by atoms with Gasteiger partial charge in [-0.05, 0) is 19.1 Å². The highest BCUT2D eigenvalue weighted by Crippen LogP contribution is 2.11. The topological polar surface area (TPSA) is 66.4 Å². The highest BCUT2D eigenvalue weighted by molar-refractivity contribution is 6.33. The van der Waals surface area contributed by atoms with Crippen LogP contribution in [0.2, 0.25) is 0 Å². The molecule has 0 saturated carbocycles. The molecule has 0 bridgehead atoms. The van der Waals surface area contributed by atoms with E-state index in [9.17, 15) is 9.59 Å². The van der Waals surface area contributed by atoms with Gasteiger partial charge in [-0.1, -0.05) is 17.7 Å². The van der Waals surface area contributed by atoms with Crippen LogP contribution in [0.3, 0.4) is 0 Å². The van der Waals surface area contributed by atoms with E-state index in [1.165, 1.54) is 0 Å². The van der Waals surface area contributed by atoms with Gasteiger partial charge in [0, 0.05) is 5.69 Å². The maximum Gasteiger partial charge on any atom is 0.305 e. The van der Waals surface area contributed by atoms with Crippen molar-refractivity contribution < 1.29 is 14.7 Å². The third-order valence-electron chi connectivity index (χ3n) is 1.96. The number of nitrogens with one attached hydrogen (secondary N) is 1. The zero-order valence-corrected chi connectivity index (χ0v) is 9.49. The summed E-state index contributed by atoms with van der Waals surface area (Å²) in [5.74, 6) is -1.60. The number of anilines is 1. The smallest absolute Gasteiger partial charge is 0.305 e. The largest absolute Gasteiger partial charge is 0.481 e. The molecule has 1 aromatic carbocycles. The monoisotopic (exact) mass is 241 g/mol. The van der Waals surface area contributed by atoms with E-state index in [2.05, 4.69) is 5.32 Å². The van der Waals surface area contributed by atoms with E-state index in [1.807, 2.05) is 19.1 Å². The molecule has 4 nitrogen and oxygen atoms in total. The molecule has 0 radical (unpaired) electrons. The van der Waals surface area contributed by atoms with Crippen molar-refractivity contribution in [2.24, 2.45) is 0 Å². The summed E-state index contributed by atoms with van der Waals surface area (Å²) < 4.78 is 0. The van der Waals surface area contributed by atoms with Crippen LogP contribution in [0.4, 0.5) is 5.69 Å². The van der Waals surface area contributed by atoms with Crippen molar-refractivity contribution in [3.05, 3.63) is 29.8 Å². The van der Waals surface area contributed by atoms with Crippen molar-refractivity contribution in [1.82, 2.24) is 0 Å². The Labute approximate surface area is 98.2 Å². The molecule has 1 aromatic rings. The van der Waals surface area contributed by atoms with Crippen molar-refractivity contribution in [3.63, 3.8) is 0 Å². The summed E-state index contributed by atoms with van der Waals surface area (Å²) in [6.07, 6.45) is -0.390. The van der Waals surface area contributed by atoms with Gasteiger partial charge in [-0.25, -0.2) is 0 Å². The van der Waals surface area contributed by atoms with E-state index in [0.717, 1.165) is 5.56 Å². The Morgan fingerprint density at radius 2 is 1.94 bits per heavy atom. The van der Waals surface area contributed by atoms with E-state index in [4.69, 9.17) is 16.7 Å². The number of carbonyl (C=O) groups excluding carboxylic acids is 1. The highest BCUT2D eigenvalue weighted by Gasteiger charge is 2.18. The number of hydrogen-bond acceptors (Lipinski definition) is 2. The van der Waals surface area contributed by atoms with Crippen LogP contribution in [0.25, 0.3) is 0 Å². The first-order chi connectivity index (χ1) is 7.49. The number of halogens is 1. The Morgan fingerprint density at radius 3 is 2.44 bits per heavy atom. The summed E-state index contributed by atoms with van der Waals surface area (Å²) in [4.78, 5) is 21.8. The van der Waals surface area contributed by atoms with Crippen molar-refractivity contribution in [1.29, 1.82) is 0 Å². The van der Waals surface area contributed by atoms with Gasteiger partial charge in [0.15, 0.2) is 0 Å². The summed E-state index contributed by atoms with van der Waals surface area (Å²) in [5, 5.41) is 9.95. The number of carboxylic acid groups (broad SMARTS) is 1. The minimum atomic E-state index is -1.10. The predicted molar refractivity (Wildman–Crippen MR) is 61.7 cm³/mol. The van der Waals surface area contributed by atoms with Gasteiger partial charge in [0.1, 0.15) is 5.38 Å². The van der Waals surface area contributed by atoms with Crippen LogP contribution in [-0.4, -0.2) is 22.4 Å². The zero-order valence-electron chi connectivity index (χ0n) is 8.74. The molecule has 1 atom stereocenters. The third-order valence-corrected chi connectivity index (χ3v) is 2.31. The average molecular weight is 242 g/mol. The van der Waals surface area contributed by atoms with Crippen LogP contribution < -0.4 is 5.32 Å². The molecular weight excluding hydrogens is 230 g/mol.